The van der Waals surface area contributed by atoms with Crippen molar-refractivity contribution < 1.29 is 20.1 Å². The topological polar surface area (TPSA) is 77.8 Å². The summed E-state index contributed by atoms with van der Waals surface area (Å²) in [7, 11) is 0. The number of hydrogen-bond acceptors (Lipinski definition) is 4. The first-order valence-corrected chi connectivity index (χ1v) is 4.64. The average molecular weight is 210 g/mol. The molecule has 2 unspecified atom stereocenters. The second-order valence-electron chi connectivity index (χ2n) is 3.38. The number of aliphatic hydroxyl groups is 3. The SMILES string of the molecule is CC(=O)c1cccc(C(O)C(O)CO)c1. The zero-order valence-electron chi connectivity index (χ0n) is 8.42. The van der Waals surface area contributed by atoms with Crippen LogP contribution in [0.3, 0.4) is 0 Å². The van der Waals surface area contributed by atoms with Gasteiger partial charge < -0.3 is 15.3 Å². The van der Waals surface area contributed by atoms with Crippen LogP contribution >= 0.6 is 0 Å². The molecule has 82 valence electrons. The lowest BCUT2D eigenvalue weighted by molar-refractivity contribution is -0.0152. The summed E-state index contributed by atoms with van der Waals surface area (Å²) in [5.74, 6) is -0.109. The van der Waals surface area contributed by atoms with Gasteiger partial charge in [-0.1, -0.05) is 18.2 Å². The van der Waals surface area contributed by atoms with Gasteiger partial charge in [-0.3, -0.25) is 4.79 Å². The van der Waals surface area contributed by atoms with Crippen LogP contribution in [-0.4, -0.2) is 33.8 Å². The molecule has 4 nitrogen and oxygen atoms in total. The highest BCUT2D eigenvalue weighted by molar-refractivity contribution is 5.94. The normalized spacial score (nSPS) is 14.7. The van der Waals surface area contributed by atoms with Crippen molar-refractivity contribution in [3.05, 3.63) is 35.4 Å². The molecule has 15 heavy (non-hydrogen) atoms. The van der Waals surface area contributed by atoms with Crippen LogP contribution in [-0.2, 0) is 0 Å². The minimum absolute atomic E-state index is 0.109. The lowest BCUT2D eigenvalue weighted by Gasteiger charge is -2.16. The van der Waals surface area contributed by atoms with E-state index >= 15 is 0 Å². The summed E-state index contributed by atoms with van der Waals surface area (Å²) in [6, 6.07) is 6.35. The molecular formula is C11H14O4. The minimum atomic E-state index is -1.23. The summed E-state index contributed by atoms with van der Waals surface area (Å²) >= 11 is 0. The molecule has 0 bridgehead atoms. The maximum atomic E-state index is 11.1. The molecule has 1 aromatic rings. The Labute approximate surface area is 87.8 Å². The molecule has 3 N–H and O–H groups in total. The molecule has 1 rings (SSSR count). The molecule has 2 atom stereocenters. The quantitative estimate of drug-likeness (QED) is 0.623. The van der Waals surface area contributed by atoms with Crippen molar-refractivity contribution in [2.45, 2.75) is 19.1 Å². The van der Waals surface area contributed by atoms with Crippen LogP contribution in [0.5, 0.6) is 0 Å². The predicted molar refractivity (Wildman–Crippen MR) is 54.5 cm³/mol. The lowest BCUT2D eigenvalue weighted by Crippen LogP contribution is -2.22. The van der Waals surface area contributed by atoms with Crippen LogP contribution in [0.1, 0.15) is 28.9 Å². The molecule has 0 aromatic heterocycles. The van der Waals surface area contributed by atoms with Gasteiger partial charge in [0.25, 0.3) is 0 Å². The first-order chi connectivity index (χ1) is 7.06. The van der Waals surface area contributed by atoms with Gasteiger partial charge in [0.15, 0.2) is 5.78 Å². The van der Waals surface area contributed by atoms with Gasteiger partial charge in [-0.15, -0.1) is 0 Å². The van der Waals surface area contributed by atoms with Crippen molar-refractivity contribution in [1.82, 2.24) is 0 Å². The van der Waals surface area contributed by atoms with Gasteiger partial charge in [-0.05, 0) is 18.6 Å². The Balaban J connectivity index is 2.94. The largest absolute Gasteiger partial charge is 0.394 e. The van der Waals surface area contributed by atoms with Crippen molar-refractivity contribution >= 4 is 5.78 Å². The first kappa shape index (κ1) is 11.8. The molecular weight excluding hydrogens is 196 g/mol. The Morgan fingerprint density at radius 2 is 2.07 bits per heavy atom. The van der Waals surface area contributed by atoms with E-state index in [1.807, 2.05) is 0 Å². The Bertz CT molecular complexity index is 348. The second-order valence-corrected chi connectivity index (χ2v) is 3.38. The van der Waals surface area contributed by atoms with Crippen LogP contribution < -0.4 is 0 Å². The van der Waals surface area contributed by atoms with Crippen molar-refractivity contribution in [2.24, 2.45) is 0 Å². The summed E-state index contributed by atoms with van der Waals surface area (Å²) in [4.78, 5) is 11.1. The third-order valence-corrected chi connectivity index (χ3v) is 2.19. The molecule has 0 saturated heterocycles. The second kappa shape index (κ2) is 5.02. The van der Waals surface area contributed by atoms with E-state index in [4.69, 9.17) is 5.11 Å². The fourth-order valence-corrected chi connectivity index (χ4v) is 1.26. The summed E-state index contributed by atoms with van der Waals surface area (Å²) in [6.07, 6.45) is -2.40. The Morgan fingerprint density at radius 3 is 2.60 bits per heavy atom. The van der Waals surface area contributed by atoms with Crippen molar-refractivity contribution in [1.29, 1.82) is 0 Å². The van der Waals surface area contributed by atoms with Gasteiger partial charge in [0.1, 0.15) is 12.2 Å². The summed E-state index contributed by atoms with van der Waals surface area (Å²) in [6.45, 7) is 0.902. The van der Waals surface area contributed by atoms with E-state index in [1.54, 1.807) is 18.2 Å². The van der Waals surface area contributed by atoms with Crippen molar-refractivity contribution in [3.63, 3.8) is 0 Å². The van der Waals surface area contributed by atoms with Gasteiger partial charge in [-0.2, -0.15) is 0 Å². The smallest absolute Gasteiger partial charge is 0.159 e. The van der Waals surface area contributed by atoms with Crippen LogP contribution in [0.15, 0.2) is 24.3 Å². The van der Waals surface area contributed by atoms with E-state index in [2.05, 4.69) is 0 Å². The van der Waals surface area contributed by atoms with Crippen LogP contribution in [0, 0.1) is 0 Å². The number of Topliss-reactive ketones (excluding diaryl/α,β-unsaturated/α-hetero) is 1. The van der Waals surface area contributed by atoms with E-state index < -0.39 is 18.8 Å². The number of ketones is 1. The lowest BCUT2D eigenvalue weighted by atomic mass is 10.0. The summed E-state index contributed by atoms with van der Waals surface area (Å²) < 4.78 is 0. The van der Waals surface area contributed by atoms with Crippen LogP contribution in [0.2, 0.25) is 0 Å². The van der Waals surface area contributed by atoms with Gasteiger partial charge >= 0.3 is 0 Å². The molecule has 0 aliphatic heterocycles. The van der Waals surface area contributed by atoms with Gasteiger partial charge in [0.2, 0.25) is 0 Å². The van der Waals surface area contributed by atoms with Crippen LogP contribution in [0.4, 0.5) is 0 Å². The number of hydrogen-bond donors (Lipinski definition) is 3. The fourth-order valence-electron chi connectivity index (χ4n) is 1.26. The molecule has 4 heteroatoms. The Kier molecular flexibility index (Phi) is 3.96. The zero-order chi connectivity index (χ0) is 11.4. The monoisotopic (exact) mass is 210 g/mol. The first-order valence-electron chi connectivity index (χ1n) is 4.64. The molecule has 0 aliphatic rings. The number of benzene rings is 1. The molecule has 0 spiro atoms. The highest BCUT2D eigenvalue weighted by Gasteiger charge is 2.17. The standard InChI is InChI=1S/C11H14O4/c1-7(13)8-3-2-4-9(5-8)11(15)10(14)6-12/h2-5,10-12,14-15H,6H2,1H3. The maximum absolute atomic E-state index is 11.1. The van der Waals surface area contributed by atoms with Crippen molar-refractivity contribution in [3.8, 4) is 0 Å². The molecule has 0 saturated carbocycles. The zero-order valence-corrected chi connectivity index (χ0v) is 8.42. The summed E-state index contributed by atoms with van der Waals surface area (Å²) in [5.41, 5.74) is 0.890. The highest BCUT2D eigenvalue weighted by Crippen LogP contribution is 2.18. The van der Waals surface area contributed by atoms with Gasteiger partial charge in [0, 0.05) is 5.56 Å². The van der Waals surface area contributed by atoms with E-state index in [0.29, 0.717) is 11.1 Å². The fraction of sp³-hybridized carbons (Fsp3) is 0.364. The Hall–Kier alpha value is -1.23. The summed E-state index contributed by atoms with van der Waals surface area (Å²) in [5, 5.41) is 27.5. The van der Waals surface area contributed by atoms with E-state index in [1.165, 1.54) is 13.0 Å². The molecule has 1 aromatic carbocycles. The number of rotatable bonds is 4. The third-order valence-electron chi connectivity index (χ3n) is 2.19. The number of carbonyl (C=O) groups is 1. The van der Waals surface area contributed by atoms with Gasteiger partial charge in [0.05, 0.1) is 6.61 Å². The molecule has 0 fully saturated rings. The maximum Gasteiger partial charge on any atom is 0.159 e. The minimum Gasteiger partial charge on any atom is -0.394 e. The number of aliphatic hydroxyl groups excluding tert-OH is 3. The Morgan fingerprint density at radius 1 is 1.40 bits per heavy atom. The van der Waals surface area contributed by atoms with E-state index in [0.717, 1.165) is 0 Å². The van der Waals surface area contributed by atoms with Gasteiger partial charge in [-0.25, -0.2) is 0 Å². The molecule has 0 heterocycles. The predicted octanol–water partition coefficient (Wildman–Crippen LogP) is 0.276. The highest BCUT2D eigenvalue weighted by atomic mass is 16.4. The third kappa shape index (κ3) is 2.86. The van der Waals surface area contributed by atoms with Crippen molar-refractivity contribution in [2.75, 3.05) is 6.61 Å². The van der Waals surface area contributed by atoms with Crippen LogP contribution in [0.25, 0.3) is 0 Å². The molecule has 0 radical (unpaired) electrons. The molecule has 0 amide bonds. The van der Waals surface area contributed by atoms with E-state index in [9.17, 15) is 15.0 Å². The number of carbonyl (C=O) groups excluding carboxylic acids is 1. The van der Waals surface area contributed by atoms with E-state index in [-0.39, 0.29) is 5.78 Å². The average Bonchev–Trinajstić information content (AvgIpc) is 2.27. The molecule has 0 aliphatic carbocycles.